The molecule has 1 atom stereocenters. The van der Waals surface area contributed by atoms with Gasteiger partial charge in [0.2, 0.25) is 0 Å². The minimum absolute atomic E-state index is 0.0198. The third kappa shape index (κ3) is 3.20. The molecule has 1 amide bonds. The number of rotatable bonds is 1. The van der Waals surface area contributed by atoms with Crippen molar-refractivity contribution >= 4 is 17.4 Å². The summed E-state index contributed by atoms with van der Waals surface area (Å²) >= 11 is 1.57. The van der Waals surface area contributed by atoms with Crippen LogP contribution in [0.5, 0.6) is 0 Å². The maximum absolute atomic E-state index is 12.2. The highest BCUT2D eigenvalue weighted by Gasteiger charge is 2.32. The molecule has 2 heterocycles. The fraction of sp³-hybridized carbons (Fsp3) is 0.667. The molecular weight excluding hydrogens is 250 g/mol. The Bertz CT molecular complexity index is 400. The van der Waals surface area contributed by atoms with E-state index in [4.69, 9.17) is 4.74 Å². The number of hydrogen-bond acceptors (Lipinski definition) is 5. The maximum Gasteiger partial charge on any atom is 0.410 e. The van der Waals surface area contributed by atoms with E-state index in [1.807, 2.05) is 26.2 Å². The van der Waals surface area contributed by atoms with Gasteiger partial charge in [-0.1, -0.05) is 0 Å². The van der Waals surface area contributed by atoms with Crippen molar-refractivity contribution in [3.63, 3.8) is 0 Å². The topological polar surface area (TPSA) is 54.5 Å². The number of thiazole rings is 1. The highest BCUT2D eigenvalue weighted by atomic mass is 32.1. The first-order valence-electron chi connectivity index (χ1n) is 6.07. The minimum Gasteiger partial charge on any atom is -0.444 e. The predicted molar refractivity (Wildman–Crippen MR) is 70.7 cm³/mol. The van der Waals surface area contributed by atoms with Crippen LogP contribution in [0.4, 0.5) is 4.79 Å². The lowest BCUT2D eigenvalue weighted by molar-refractivity contribution is 0.0118. The fourth-order valence-electron chi connectivity index (χ4n) is 1.86. The molecule has 1 aromatic rings. The fourth-order valence-corrected chi connectivity index (χ4v) is 2.61. The summed E-state index contributed by atoms with van der Waals surface area (Å²) in [4.78, 5) is 18.2. The number of aromatic nitrogens is 1. The van der Waals surface area contributed by atoms with E-state index in [0.717, 1.165) is 18.1 Å². The third-order valence-electron chi connectivity index (χ3n) is 2.61. The number of ether oxygens (including phenoxy) is 1. The predicted octanol–water partition coefficient (Wildman–Crippen LogP) is 2.02. The van der Waals surface area contributed by atoms with Crippen molar-refractivity contribution in [2.24, 2.45) is 0 Å². The molecule has 6 heteroatoms. The zero-order chi connectivity index (χ0) is 13.2. The van der Waals surface area contributed by atoms with Gasteiger partial charge in [0.1, 0.15) is 10.6 Å². The smallest absolute Gasteiger partial charge is 0.410 e. The van der Waals surface area contributed by atoms with Gasteiger partial charge < -0.3 is 10.1 Å². The van der Waals surface area contributed by atoms with E-state index >= 15 is 0 Å². The SMILES string of the molecule is CC(C)(C)OC(=O)N1CCNCC1c1nccs1. The summed E-state index contributed by atoms with van der Waals surface area (Å²) in [6.45, 7) is 7.82. The second-order valence-electron chi connectivity index (χ2n) is 5.26. The van der Waals surface area contributed by atoms with Gasteiger partial charge in [-0.25, -0.2) is 9.78 Å². The molecule has 1 N–H and O–H groups in total. The van der Waals surface area contributed by atoms with E-state index in [1.165, 1.54) is 0 Å². The summed E-state index contributed by atoms with van der Waals surface area (Å²) < 4.78 is 5.44. The normalized spacial score (nSPS) is 20.8. The van der Waals surface area contributed by atoms with Crippen LogP contribution in [0.15, 0.2) is 11.6 Å². The van der Waals surface area contributed by atoms with Crippen LogP contribution in [0.2, 0.25) is 0 Å². The average molecular weight is 269 g/mol. The van der Waals surface area contributed by atoms with Crippen LogP contribution in [-0.2, 0) is 4.74 Å². The number of hydrogen-bond donors (Lipinski definition) is 1. The zero-order valence-electron chi connectivity index (χ0n) is 11.0. The first kappa shape index (κ1) is 13.3. The number of carbonyl (C=O) groups is 1. The van der Waals surface area contributed by atoms with Crippen molar-refractivity contribution in [2.45, 2.75) is 32.4 Å². The van der Waals surface area contributed by atoms with E-state index in [1.54, 1.807) is 22.4 Å². The van der Waals surface area contributed by atoms with Crippen LogP contribution in [0, 0.1) is 0 Å². The molecular formula is C12H19N3O2S. The lowest BCUT2D eigenvalue weighted by Crippen LogP contribution is -2.50. The molecule has 2 rings (SSSR count). The van der Waals surface area contributed by atoms with Gasteiger partial charge >= 0.3 is 6.09 Å². The monoisotopic (exact) mass is 269 g/mol. The van der Waals surface area contributed by atoms with Crippen molar-refractivity contribution in [3.05, 3.63) is 16.6 Å². The van der Waals surface area contributed by atoms with Crippen molar-refractivity contribution in [1.29, 1.82) is 0 Å². The first-order valence-corrected chi connectivity index (χ1v) is 6.95. The molecule has 0 aromatic carbocycles. The van der Waals surface area contributed by atoms with Gasteiger partial charge in [0.15, 0.2) is 0 Å². The Kier molecular flexibility index (Phi) is 3.87. The Hall–Kier alpha value is -1.14. The number of nitrogens with zero attached hydrogens (tertiary/aromatic N) is 2. The van der Waals surface area contributed by atoms with Gasteiger partial charge in [-0.3, -0.25) is 4.90 Å². The minimum atomic E-state index is -0.463. The van der Waals surface area contributed by atoms with Crippen LogP contribution >= 0.6 is 11.3 Å². The molecule has 18 heavy (non-hydrogen) atoms. The van der Waals surface area contributed by atoms with Crippen molar-refractivity contribution < 1.29 is 9.53 Å². The number of nitrogens with one attached hydrogen (secondary N) is 1. The number of amides is 1. The van der Waals surface area contributed by atoms with Gasteiger partial charge in [0.05, 0.1) is 6.04 Å². The number of carbonyl (C=O) groups excluding carboxylic acids is 1. The second-order valence-corrected chi connectivity index (χ2v) is 6.19. The molecule has 1 aliphatic heterocycles. The molecule has 0 spiro atoms. The summed E-state index contributed by atoms with van der Waals surface area (Å²) in [5, 5.41) is 6.17. The van der Waals surface area contributed by atoms with Gasteiger partial charge in [-0.2, -0.15) is 0 Å². The highest BCUT2D eigenvalue weighted by Crippen LogP contribution is 2.25. The zero-order valence-corrected chi connectivity index (χ0v) is 11.8. The summed E-state index contributed by atoms with van der Waals surface area (Å²) in [6.07, 6.45) is 1.51. The lowest BCUT2D eigenvalue weighted by atomic mass is 10.2. The van der Waals surface area contributed by atoms with Crippen LogP contribution in [0.3, 0.4) is 0 Å². The Morgan fingerprint density at radius 3 is 3.00 bits per heavy atom. The molecule has 1 saturated heterocycles. The highest BCUT2D eigenvalue weighted by molar-refractivity contribution is 7.09. The molecule has 0 bridgehead atoms. The van der Waals surface area contributed by atoms with E-state index in [2.05, 4.69) is 10.3 Å². The Labute approximate surface area is 111 Å². The van der Waals surface area contributed by atoms with Gasteiger partial charge in [-0.05, 0) is 20.8 Å². The molecule has 0 radical (unpaired) electrons. The van der Waals surface area contributed by atoms with Crippen molar-refractivity contribution in [3.8, 4) is 0 Å². The van der Waals surface area contributed by atoms with Crippen LogP contribution in [-0.4, -0.2) is 41.2 Å². The van der Waals surface area contributed by atoms with Crippen LogP contribution in [0.1, 0.15) is 31.8 Å². The molecule has 0 saturated carbocycles. The van der Waals surface area contributed by atoms with Gasteiger partial charge in [0.25, 0.3) is 0 Å². The first-order chi connectivity index (χ1) is 8.47. The summed E-state index contributed by atoms with van der Waals surface area (Å²) in [5.41, 5.74) is -0.463. The van der Waals surface area contributed by atoms with E-state index in [9.17, 15) is 4.79 Å². The molecule has 100 valence electrons. The standard InChI is InChI=1S/C12H19N3O2S/c1-12(2,3)17-11(16)15-6-4-13-8-9(15)10-14-5-7-18-10/h5,7,9,13H,4,6,8H2,1-3H3. The Morgan fingerprint density at radius 1 is 1.61 bits per heavy atom. The van der Waals surface area contributed by atoms with E-state index in [-0.39, 0.29) is 12.1 Å². The Balaban J connectivity index is 2.11. The van der Waals surface area contributed by atoms with Crippen LogP contribution in [0.25, 0.3) is 0 Å². The molecule has 0 aliphatic carbocycles. The van der Waals surface area contributed by atoms with Crippen LogP contribution < -0.4 is 5.32 Å². The molecule has 1 unspecified atom stereocenters. The number of piperazine rings is 1. The molecule has 5 nitrogen and oxygen atoms in total. The van der Waals surface area contributed by atoms with E-state index < -0.39 is 5.60 Å². The summed E-state index contributed by atoms with van der Waals surface area (Å²) in [5.74, 6) is 0. The van der Waals surface area contributed by atoms with Gasteiger partial charge in [-0.15, -0.1) is 11.3 Å². The molecule has 1 aromatic heterocycles. The third-order valence-corrected chi connectivity index (χ3v) is 3.48. The largest absolute Gasteiger partial charge is 0.444 e. The van der Waals surface area contributed by atoms with Crippen molar-refractivity contribution in [2.75, 3.05) is 19.6 Å². The summed E-state index contributed by atoms with van der Waals surface area (Å²) in [6, 6.07) is -0.0198. The average Bonchev–Trinajstić information content (AvgIpc) is 2.80. The van der Waals surface area contributed by atoms with Gasteiger partial charge in [0, 0.05) is 31.2 Å². The van der Waals surface area contributed by atoms with E-state index in [0.29, 0.717) is 6.54 Å². The maximum atomic E-state index is 12.2. The Morgan fingerprint density at radius 2 is 2.39 bits per heavy atom. The van der Waals surface area contributed by atoms with Crippen molar-refractivity contribution in [1.82, 2.24) is 15.2 Å². The molecule has 1 aliphatic rings. The summed E-state index contributed by atoms with van der Waals surface area (Å²) in [7, 11) is 0. The quantitative estimate of drug-likeness (QED) is 0.847. The molecule has 1 fully saturated rings. The lowest BCUT2D eigenvalue weighted by Gasteiger charge is -2.36. The second kappa shape index (κ2) is 5.24.